The molecule has 0 atom stereocenters. The van der Waals surface area contributed by atoms with Crippen LogP contribution in [0.25, 0.3) is 0 Å². The summed E-state index contributed by atoms with van der Waals surface area (Å²) < 4.78 is 5.85. The van der Waals surface area contributed by atoms with E-state index < -0.39 is 0 Å². The van der Waals surface area contributed by atoms with Crippen molar-refractivity contribution < 1.29 is 4.74 Å². The first-order chi connectivity index (χ1) is 9.20. The molecule has 0 aliphatic carbocycles. The Kier molecular flexibility index (Phi) is 4.39. The molecule has 2 aromatic rings. The van der Waals surface area contributed by atoms with Gasteiger partial charge >= 0.3 is 0 Å². The molecule has 19 heavy (non-hydrogen) atoms. The first kappa shape index (κ1) is 13.4. The fourth-order valence-electron chi connectivity index (χ4n) is 1.87. The van der Waals surface area contributed by atoms with Crippen molar-refractivity contribution in [1.29, 1.82) is 0 Å². The van der Waals surface area contributed by atoms with Crippen molar-refractivity contribution in [3.8, 4) is 5.75 Å². The Hall–Kier alpha value is -2.03. The second-order valence-electron chi connectivity index (χ2n) is 4.53. The zero-order chi connectivity index (χ0) is 13.7. The van der Waals surface area contributed by atoms with Crippen molar-refractivity contribution in [2.75, 3.05) is 11.9 Å². The predicted molar refractivity (Wildman–Crippen MR) is 78.6 cm³/mol. The van der Waals surface area contributed by atoms with Crippen molar-refractivity contribution in [2.24, 2.45) is 0 Å². The molecule has 0 saturated carbocycles. The summed E-state index contributed by atoms with van der Waals surface area (Å²) in [5.74, 6) is 1.82. The number of hydrogen-bond acceptors (Lipinski definition) is 3. The van der Waals surface area contributed by atoms with Gasteiger partial charge in [-0.3, -0.25) is 0 Å². The molecule has 0 aliphatic heterocycles. The fraction of sp³-hybridized carbons (Fsp3) is 0.312. The molecule has 0 spiro atoms. The second-order valence-corrected chi connectivity index (χ2v) is 4.53. The highest BCUT2D eigenvalue weighted by atomic mass is 16.5. The molecule has 0 bridgehead atoms. The minimum Gasteiger partial charge on any atom is -0.487 e. The Morgan fingerprint density at radius 3 is 2.68 bits per heavy atom. The van der Waals surface area contributed by atoms with Crippen LogP contribution in [0.3, 0.4) is 0 Å². The maximum Gasteiger partial charge on any atom is 0.130 e. The third-order valence-electron chi connectivity index (χ3n) is 3.10. The first-order valence-electron chi connectivity index (χ1n) is 6.59. The van der Waals surface area contributed by atoms with Gasteiger partial charge in [-0.1, -0.05) is 18.2 Å². The van der Waals surface area contributed by atoms with Crippen LogP contribution in [0.4, 0.5) is 5.82 Å². The van der Waals surface area contributed by atoms with Gasteiger partial charge in [0.05, 0.1) is 5.69 Å². The maximum absolute atomic E-state index is 5.85. The number of rotatable bonds is 5. The van der Waals surface area contributed by atoms with Gasteiger partial charge in [-0.05, 0) is 50.1 Å². The van der Waals surface area contributed by atoms with E-state index in [4.69, 9.17) is 4.74 Å². The summed E-state index contributed by atoms with van der Waals surface area (Å²) in [7, 11) is 0. The number of ether oxygens (including phenoxy) is 1. The van der Waals surface area contributed by atoms with Gasteiger partial charge in [-0.25, -0.2) is 4.98 Å². The number of anilines is 1. The van der Waals surface area contributed by atoms with Gasteiger partial charge in [0.1, 0.15) is 18.2 Å². The van der Waals surface area contributed by atoms with Crippen LogP contribution in [0.5, 0.6) is 5.75 Å². The Balaban J connectivity index is 2.06. The Morgan fingerprint density at radius 2 is 1.89 bits per heavy atom. The zero-order valence-corrected chi connectivity index (χ0v) is 11.7. The van der Waals surface area contributed by atoms with E-state index in [1.807, 2.05) is 30.3 Å². The lowest BCUT2D eigenvalue weighted by Gasteiger charge is -2.11. The highest BCUT2D eigenvalue weighted by molar-refractivity contribution is 5.38. The van der Waals surface area contributed by atoms with Crippen LogP contribution >= 0.6 is 0 Å². The lowest BCUT2D eigenvalue weighted by atomic mass is 10.1. The highest BCUT2D eigenvalue weighted by Crippen LogP contribution is 2.21. The molecule has 1 N–H and O–H groups in total. The number of hydrogen-bond donors (Lipinski definition) is 1. The van der Waals surface area contributed by atoms with E-state index in [2.05, 4.69) is 37.1 Å². The third-order valence-corrected chi connectivity index (χ3v) is 3.10. The summed E-state index contributed by atoms with van der Waals surface area (Å²) in [6.07, 6.45) is 0. The molecule has 0 amide bonds. The topological polar surface area (TPSA) is 34.1 Å². The summed E-state index contributed by atoms with van der Waals surface area (Å²) in [6.45, 7) is 7.58. The van der Waals surface area contributed by atoms with Crippen molar-refractivity contribution in [3.05, 3.63) is 53.2 Å². The van der Waals surface area contributed by atoms with Gasteiger partial charge < -0.3 is 10.1 Å². The number of aryl methyl sites for hydroxylation is 1. The number of pyridine rings is 1. The average molecular weight is 256 g/mol. The minimum atomic E-state index is 0.490. The fourth-order valence-corrected chi connectivity index (χ4v) is 1.87. The molecule has 100 valence electrons. The normalized spacial score (nSPS) is 10.3. The monoisotopic (exact) mass is 256 g/mol. The minimum absolute atomic E-state index is 0.490. The Bertz CT molecular complexity index is 552. The van der Waals surface area contributed by atoms with E-state index in [0.29, 0.717) is 6.61 Å². The molecule has 0 radical (unpaired) electrons. The first-order valence-corrected chi connectivity index (χ1v) is 6.59. The molecular formula is C16H20N2O. The Morgan fingerprint density at radius 1 is 1.11 bits per heavy atom. The van der Waals surface area contributed by atoms with Crippen LogP contribution in [0, 0.1) is 13.8 Å². The van der Waals surface area contributed by atoms with Crippen molar-refractivity contribution in [1.82, 2.24) is 4.98 Å². The molecule has 1 aromatic heterocycles. The van der Waals surface area contributed by atoms with E-state index in [1.165, 1.54) is 11.1 Å². The van der Waals surface area contributed by atoms with E-state index in [9.17, 15) is 0 Å². The van der Waals surface area contributed by atoms with Gasteiger partial charge in [-0.15, -0.1) is 0 Å². The molecule has 1 heterocycles. The molecule has 1 aromatic carbocycles. The van der Waals surface area contributed by atoms with E-state index in [0.717, 1.165) is 23.8 Å². The van der Waals surface area contributed by atoms with Gasteiger partial charge in [0, 0.05) is 6.54 Å². The molecule has 2 rings (SSSR count). The Labute approximate surface area is 114 Å². The second kappa shape index (κ2) is 6.23. The van der Waals surface area contributed by atoms with E-state index in [-0.39, 0.29) is 0 Å². The van der Waals surface area contributed by atoms with Crippen molar-refractivity contribution >= 4 is 5.82 Å². The lowest BCUT2D eigenvalue weighted by Crippen LogP contribution is -2.04. The van der Waals surface area contributed by atoms with Crippen LogP contribution < -0.4 is 10.1 Å². The molecule has 0 aliphatic rings. The smallest absolute Gasteiger partial charge is 0.130 e. The number of benzene rings is 1. The lowest BCUT2D eigenvalue weighted by molar-refractivity contribution is 0.299. The average Bonchev–Trinajstić information content (AvgIpc) is 2.41. The number of nitrogens with zero attached hydrogens (tertiary/aromatic N) is 1. The van der Waals surface area contributed by atoms with Crippen LogP contribution in [0.2, 0.25) is 0 Å². The molecule has 3 heteroatoms. The summed E-state index contributed by atoms with van der Waals surface area (Å²) in [4.78, 5) is 4.49. The van der Waals surface area contributed by atoms with Gasteiger partial charge in [0.15, 0.2) is 0 Å². The molecule has 0 fully saturated rings. The van der Waals surface area contributed by atoms with Crippen molar-refractivity contribution in [3.63, 3.8) is 0 Å². The van der Waals surface area contributed by atoms with Crippen molar-refractivity contribution in [2.45, 2.75) is 27.4 Å². The van der Waals surface area contributed by atoms with Gasteiger partial charge in [0.2, 0.25) is 0 Å². The summed E-state index contributed by atoms with van der Waals surface area (Å²) in [5.41, 5.74) is 3.36. The summed E-state index contributed by atoms with van der Waals surface area (Å²) >= 11 is 0. The third kappa shape index (κ3) is 3.47. The van der Waals surface area contributed by atoms with E-state index in [1.54, 1.807) is 0 Å². The van der Waals surface area contributed by atoms with Gasteiger partial charge in [-0.2, -0.15) is 0 Å². The summed E-state index contributed by atoms with van der Waals surface area (Å²) in [6, 6.07) is 12.0. The highest BCUT2D eigenvalue weighted by Gasteiger charge is 2.03. The standard InChI is InChI=1S/C16H20N2O/c1-4-17-16-10-6-8-14(18-16)11-19-15-9-5-7-12(2)13(15)3/h5-10H,4,11H2,1-3H3,(H,17,18). The summed E-state index contributed by atoms with van der Waals surface area (Å²) in [5, 5.41) is 3.20. The SMILES string of the molecule is CCNc1cccc(COc2cccc(C)c2C)n1. The molecule has 0 saturated heterocycles. The van der Waals surface area contributed by atoms with Gasteiger partial charge in [0.25, 0.3) is 0 Å². The quantitative estimate of drug-likeness (QED) is 0.885. The largest absolute Gasteiger partial charge is 0.487 e. The molecule has 0 unspecified atom stereocenters. The predicted octanol–water partition coefficient (Wildman–Crippen LogP) is 3.71. The maximum atomic E-state index is 5.85. The molecule has 3 nitrogen and oxygen atoms in total. The van der Waals surface area contributed by atoms with Crippen LogP contribution in [0.1, 0.15) is 23.7 Å². The number of nitrogens with one attached hydrogen (secondary N) is 1. The zero-order valence-electron chi connectivity index (χ0n) is 11.7. The number of aromatic nitrogens is 1. The molecular weight excluding hydrogens is 236 g/mol. The van der Waals surface area contributed by atoms with Crippen LogP contribution in [-0.4, -0.2) is 11.5 Å². The van der Waals surface area contributed by atoms with Crippen LogP contribution in [0.15, 0.2) is 36.4 Å². The van der Waals surface area contributed by atoms with Crippen LogP contribution in [-0.2, 0) is 6.61 Å². The van der Waals surface area contributed by atoms with E-state index >= 15 is 0 Å².